The van der Waals surface area contributed by atoms with Gasteiger partial charge in [-0.15, -0.1) is 0 Å². The van der Waals surface area contributed by atoms with Crippen LogP contribution in [0.2, 0.25) is 0 Å². The number of hydrazone groups is 1. The van der Waals surface area contributed by atoms with Gasteiger partial charge >= 0.3 is 0 Å². The van der Waals surface area contributed by atoms with E-state index < -0.39 is 23.0 Å². The van der Waals surface area contributed by atoms with E-state index in [0.717, 1.165) is 28.7 Å². The molecule has 2 amide bonds. The molecule has 4 bridgehead atoms. The number of ether oxygens (including phenoxy) is 1. The number of nitrogens with zero attached hydrogens (tertiary/aromatic N) is 2. The molecule has 1 aromatic rings. The maximum absolute atomic E-state index is 13.6. The van der Waals surface area contributed by atoms with Crippen LogP contribution in [0.15, 0.2) is 46.0 Å². The van der Waals surface area contributed by atoms with Crippen LogP contribution in [0.3, 0.4) is 0 Å². The molecule has 1 N–H and O–H groups in total. The zero-order valence-corrected chi connectivity index (χ0v) is 21.1. The minimum atomic E-state index is -0.801. The van der Waals surface area contributed by atoms with Crippen LogP contribution >= 0.6 is 15.9 Å². The number of anilines is 1. The van der Waals surface area contributed by atoms with E-state index >= 15 is 0 Å². The Morgan fingerprint density at radius 2 is 1.91 bits per heavy atom. The fourth-order valence-corrected chi connectivity index (χ4v) is 7.78. The Morgan fingerprint density at radius 1 is 1.18 bits per heavy atom. The van der Waals surface area contributed by atoms with E-state index in [1.165, 1.54) is 6.42 Å². The van der Waals surface area contributed by atoms with Gasteiger partial charge < -0.3 is 9.64 Å². The average molecular weight is 512 g/mol. The molecule has 174 valence electrons. The molecule has 6 rings (SSSR count). The van der Waals surface area contributed by atoms with Gasteiger partial charge in [0, 0.05) is 21.0 Å². The lowest BCUT2D eigenvalue weighted by Crippen LogP contribution is -2.47. The van der Waals surface area contributed by atoms with Gasteiger partial charge in [-0.25, -0.2) is 5.43 Å². The van der Waals surface area contributed by atoms with E-state index in [0.29, 0.717) is 12.5 Å². The van der Waals surface area contributed by atoms with Crippen molar-refractivity contribution in [3.8, 4) is 0 Å². The van der Waals surface area contributed by atoms with Gasteiger partial charge in [0.25, 0.3) is 0 Å². The number of nitrogens with one attached hydrogen (secondary N) is 1. The highest BCUT2D eigenvalue weighted by Crippen LogP contribution is 2.61. The highest BCUT2D eigenvalue weighted by atomic mass is 79.9. The van der Waals surface area contributed by atoms with Crippen LogP contribution < -0.4 is 10.3 Å². The van der Waals surface area contributed by atoms with Crippen molar-refractivity contribution < 1.29 is 14.3 Å². The summed E-state index contributed by atoms with van der Waals surface area (Å²) in [5.41, 5.74) is 3.26. The average Bonchev–Trinajstić information content (AvgIpc) is 3.48. The van der Waals surface area contributed by atoms with Gasteiger partial charge in [0.2, 0.25) is 11.8 Å². The van der Waals surface area contributed by atoms with E-state index in [2.05, 4.69) is 42.1 Å². The van der Waals surface area contributed by atoms with Crippen molar-refractivity contribution in [2.45, 2.75) is 58.2 Å². The fourth-order valence-electron chi connectivity index (χ4n) is 7.51. The number of halogens is 1. The van der Waals surface area contributed by atoms with Crippen molar-refractivity contribution in [2.75, 3.05) is 11.4 Å². The number of hydrogen-bond acceptors (Lipinski definition) is 4. The predicted octanol–water partition coefficient (Wildman–Crippen LogP) is 4.44. The van der Waals surface area contributed by atoms with Crippen LogP contribution in [-0.2, 0) is 14.3 Å². The Kier molecular flexibility index (Phi) is 4.29. The fraction of sp³-hybridized carbons (Fsp3) is 0.577. The number of fused-ring (bicyclic) bond motifs is 3. The van der Waals surface area contributed by atoms with E-state index in [1.54, 1.807) is 4.90 Å². The molecule has 2 aliphatic carbocycles. The van der Waals surface area contributed by atoms with Crippen molar-refractivity contribution in [1.29, 1.82) is 0 Å². The van der Waals surface area contributed by atoms with E-state index in [4.69, 9.17) is 9.84 Å². The molecule has 33 heavy (non-hydrogen) atoms. The Hall–Kier alpha value is -1.99. The van der Waals surface area contributed by atoms with Crippen molar-refractivity contribution >= 4 is 39.1 Å². The quantitative estimate of drug-likeness (QED) is 0.481. The van der Waals surface area contributed by atoms with E-state index in [1.807, 2.05) is 43.3 Å². The molecule has 1 aromatic carbocycles. The molecular formula is C26H30BrN3O3. The van der Waals surface area contributed by atoms with Crippen LogP contribution in [0.4, 0.5) is 5.69 Å². The minimum absolute atomic E-state index is 0.0158. The van der Waals surface area contributed by atoms with Gasteiger partial charge in [-0.1, -0.05) is 48.9 Å². The molecule has 0 radical (unpaired) electrons. The van der Waals surface area contributed by atoms with Crippen molar-refractivity contribution in [3.05, 3.63) is 40.9 Å². The first-order valence-electron chi connectivity index (χ1n) is 11.9. The number of amides is 2. The largest absolute Gasteiger partial charge is 0.357 e. The van der Waals surface area contributed by atoms with Crippen molar-refractivity contribution in [1.82, 2.24) is 5.43 Å². The minimum Gasteiger partial charge on any atom is -0.357 e. The maximum Gasteiger partial charge on any atom is 0.247 e. The highest BCUT2D eigenvalue weighted by molar-refractivity contribution is 9.10. The monoisotopic (exact) mass is 511 g/mol. The summed E-state index contributed by atoms with van der Waals surface area (Å²) in [5.74, 6) is -0.849. The lowest BCUT2D eigenvalue weighted by atomic mass is 9.71. The van der Waals surface area contributed by atoms with Gasteiger partial charge in [0.05, 0.1) is 29.7 Å². The molecule has 6 nitrogen and oxygen atoms in total. The summed E-state index contributed by atoms with van der Waals surface area (Å²) in [7, 11) is 0. The van der Waals surface area contributed by atoms with Crippen LogP contribution in [0.25, 0.3) is 0 Å². The summed E-state index contributed by atoms with van der Waals surface area (Å²) in [6.07, 6.45) is 7.43. The molecule has 2 saturated carbocycles. The molecular weight excluding hydrogens is 482 g/mol. The maximum atomic E-state index is 13.6. The molecule has 0 aromatic heterocycles. The SMILES string of the molecule is CC12C=CC3(CN(c4ccc(Br)cc4)C(=O)C3C1C(=O)N/N=C1\C(C)(C)[C@H]3CC[C@]1(C)C3)O2. The van der Waals surface area contributed by atoms with Crippen LogP contribution in [0, 0.1) is 28.6 Å². The van der Waals surface area contributed by atoms with E-state index in [9.17, 15) is 9.59 Å². The summed E-state index contributed by atoms with van der Waals surface area (Å²) in [6, 6.07) is 7.66. The van der Waals surface area contributed by atoms with Gasteiger partial charge in [-0.3, -0.25) is 9.59 Å². The molecule has 3 heterocycles. The molecule has 3 aliphatic heterocycles. The Labute approximate surface area is 202 Å². The Morgan fingerprint density at radius 3 is 2.58 bits per heavy atom. The third-order valence-corrected chi connectivity index (χ3v) is 9.69. The predicted molar refractivity (Wildman–Crippen MR) is 130 cm³/mol. The lowest BCUT2D eigenvalue weighted by Gasteiger charge is -2.35. The summed E-state index contributed by atoms with van der Waals surface area (Å²) in [5, 5.41) is 4.72. The summed E-state index contributed by atoms with van der Waals surface area (Å²) >= 11 is 3.45. The summed E-state index contributed by atoms with van der Waals surface area (Å²) < 4.78 is 7.39. The standard InChI is InChI=1S/C26H30BrN3O3/c1-23(2)15-9-10-24(3,13-15)22(23)29-28-20(31)18-19-21(32)30(17-7-5-16(27)6-8-17)14-26(19)12-11-25(18,4)33-26/h5-8,11-12,15,18-19H,9-10,13-14H2,1-4H3,(H,28,31)/b29-22+/t15-,18?,19?,24+,25?,26?/m0/s1. The van der Waals surface area contributed by atoms with Crippen LogP contribution in [-0.4, -0.2) is 35.3 Å². The van der Waals surface area contributed by atoms with Crippen molar-refractivity contribution in [2.24, 2.45) is 33.7 Å². The topological polar surface area (TPSA) is 71.0 Å². The Balaban J connectivity index is 1.30. The van der Waals surface area contributed by atoms with Gasteiger partial charge in [-0.05, 0) is 56.4 Å². The highest BCUT2D eigenvalue weighted by Gasteiger charge is 2.71. The normalized spacial score (nSPS) is 43.1. The third kappa shape index (κ3) is 2.78. The first kappa shape index (κ1) is 21.5. The second-order valence-electron chi connectivity index (χ2n) is 11.6. The van der Waals surface area contributed by atoms with Gasteiger partial charge in [-0.2, -0.15) is 5.10 Å². The molecule has 4 fully saturated rings. The second kappa shape index (κ2) is 6.57. The number of carbonyl (C=O) groups is 2. The summed E-state index contributed by atoms with van der Waals surface area (Å²) in [6.45, 7) is 9.07. The lowest BCUT2D eigenvalue weighted by molar-refractivity contribution is -0.133. The van der Waals surface area contributed by atoms with Gasteiger partial charge in [0.1, 0.15) is 5.60 Å². The molecule has 1 spiro atoms. The number of benzene rings is 1. The van der Waals surface area contributed by atoms with E-state index in [-0.39, 0.29) is 22.6 Å². The van der Waals surface area contributed by atoms with Gasteiger partial charge in [0.15, 0.2) is 0 Å². The van der Waals surface area contributed by atoms with Crippen molar-refractivity contribution in [3.63, 3.8) is 0 Å². The molecule has 2 saturated heterocycles. The number of rotatable bonds is 3. The van der Waals surface area contributed by atoms with Crippen LogP contribution in [0.1, 0.15) is 47.0 Å². The first-order valence-corrected chi connectivity index (χ1v) is 12.6. The third-order valence-electron chi connectivity index (χ3n) is 9.16. The molecule has 7 heteroatoms. The Bertz CT molecular complexity index is 1120. The number of carbonyl (C=O) groups excluding carboxylic acids is 2. The second-order valence-corrected chi connectivity index (χ2v) is 12.5. The smallest absolute Gasteiger partial charge is 0.247 e. The molecule has 4 unspecified atom stereocenters. The summed E-state index contributed by atoms with van der Waals surface area (Å²) in [4.78, 5) is 28.9. The zero-order chi connectivity index (χ0) is 23.4. The molecule has 6 atom stereocenters. The first-order chi connectivity index (χ1) is 15.5. The van der Waals surface area contributed by atoms with Crippen LogP contribution in [0.5, 0.6) is 0 Å². The zero-order valence-electron chi connectivity index (χ0n) is 19.5. The molecule has 5 aliphatic rings. The number of hydrogen-bond donors (Lipinski definition) is 1.